The van der Waals surface area contributed by atoms with Gasteiger partial charge in [0.2, 0.25) is 5.91 Å². The maximum atomic E-state index is 13.1. The van der Waals surface area contributed by atoms with Crippen LogP contribution in [0.2, 0.25) is 0 Å². The molecule has 0 fully saturated rings. The van der Waals surface area contributed by atoms with Crippen molar-refractivity contribution in [1.82, 2.24) is 5.32 Å². The van der Waals surface area contributed by atoms with Crippen molar-refractivity contribution >= 4 is 23.3 Å². The average molecular weight is 391 g/mol. The number of amides is 3. The van der Waals surface area contributed by atoms with Crippen LogP contribution in [0.4, 0.5) is 25.0 Å². The van der Waals surface area contributed by atoms with E-state index < -0.39 is 24.3 Å². The number of fused-ring (bicyclic) bond motifs is 1. The molecule has 0 radical (unpaired) electrons. The molecule has 1 heterocycles. The lowest BCUT2D eigenvalue weighted by Gasteiger charge is -2.22. The highest BCUT2D eigenvalue weighted by Crippen LogP contribution is 2.42. The van der Waals surface area contributed by atoms with Gasteiger partial charge in [0.25, 0.3) is 0 Å². The molecule has 28 heavy (non-hydrogen) atoms. The fourth-order valence-electron chi connectivity index (χ4n) is 2.61. The molecule has 9 heteroatoms. The Morgan fingerprint density at radius 3 is 2.29 bits per heavy atom. The first-order valence-corrected chi connectivity index (χ1v) is 8.57. The van der Waals surface area contributed by atoms with E-state index in [4.69, 9.17) is 0 Å². The molecule has 148 valence electrons. The number of carbonyl (C=O) groups is 2. The number of carbonyl (C=O) groups excluding carboxylic acids is 2. The van der Waals surface area contributed by atoms with Crippen molar-refractivity contribution < 1.29 is 27.8 Å². The van der Waals surface area contributed by atoms with E-state index in [1.54, 1.807) is 38.1 Å². The summed E-state index contributed by atoms with van der Waals surface area (Å²) < 4.78 is 34.9. The Morgan fingerprint density at radius 2 is 1.61 bits per heavy atom. The van der Waals surface area contributed by atoms with Gasteiger partial charge < -0.3 is 25.4 Å². The summed E-state index contributed by atoms with van der Waals surface area (Å²) in [6, 6.07) is 11.3. The summed E-state index contributed by atoms with van der Waals surface area (Å²) in [7, 11) is 0. The SMILES string of the molecule is CC(C)[C@@H](NC(=O)Nc1ccccc1)C(=O)Nc1ccc2c(c1)OC(F)(F)O2. The normalized spacial score (nSPS) is 15.0. The number of halogens is 2. The predicted octanol–water partition coefficient (Wildman–Crippen LogP) is 3.79. The average Bonchev–Trinajstić information content (AvgIpc) is 2.93. The van der Waals surface area contributed by atoms with E-state index in [1.165, 1.54) is 18.2 Å². The lowest BCUT2D eigenvalue weighted by atomic mass is 10.0. The van der Waals surface area contributed by atoms with Crippen LogP contribution in [0.1, 0.15) is 13.8 Å². The van der Waals surface area contributed by atoms with Crippen LogP contribution in [-0.4, -0.2) is 24.3 Å². The first-order chi connectivity index (χ1) is 13.2. The van der Waals surface area contributed by atoms with E-state index in [1.807, 2.05) is 6.07 Å². The maximum absolute atomic E-state index is 13.1. The van der Waals surface area contributed by atoms with Gasteiger partial charge in [0, 0.05) is 17.4 Å². The molecule has 2 aromatic carbocycles. The van der Waals surface area contributed by atoms with Crippen molar-refractivity contribution in [2.75, 3.05) is 10.6 Å². The Kier molecular flexibility index (Phi) is 5.34. The predicted molar refractivity (Wildman–Crippen MR) is 98.5 cm³/mol. The molecule has 0 spiro atoms. The van der Waals surface area contributed by atoms with E-state index in [9.17, 15) is 18.4 Å². The Labute approximate surface area is 160 Å². The molecular weight excluding hydrogens is 372 g/mol. The standard InChI is InChI=1S/C19H19F2N3O4/c1-11(2)16(24-18(26)23-12-6-4-3-5-7-12)17(25)22-13-8-9-14-15(10-13)28-19(20,21)27-14/h3-11,16H,1-2H3,(H,22,25)(H2,23,24,26)/t16-/m1/s1. The molecule has 0 aromatic heterocycles. The number of anilines is 2. The first kappa shape index (κ1) is 19.4. The molecular formula is C19H19F2N3O4. The molecule has 0 saturated heterocycles. The second kappa shape index (κ2) is 7.71. The third-order valence-electron chi connectivity index (χ3n) is 3.94. The van der Waals surface area contributed by atoms with Crippen molar-refractivity contribution in [2.45, 2.75) is 26.2 Å². The second-order valence-electron chi connectivity index (χ2n) is 6.50. The molecule has 7 nitrogen and oxygen atoms in total. The molecule has 0 saturated carbocycles. The van der Waals surface area contributed by atoms with E-state index in [0.717, 1.165) is 0 Å². The van der Waals surface area contributed by atoms with Crippen LogP contribution in [-0.2, 0) is 4.79 Å². The van der Waals surface area contributed by atoms with Gasteiger partial charge >= 0.3 is 12.3 Å². The summed E-state index contributed by atoms with van der Waals surface area (Å²) >= 11 is 0. The van der Waals surface area contributed by atoms with Crippen LogP contribution >= 0.6 is 0 Å². The zero-order valence-corrected chi connectivity index (χ0v) is 15.2. The zero-order valence-electron chi connectivity index (χ0n) is 15.2. The Hall–Kier alpha value is -3.36. The molecule has 1 atom stereocenters. The number of hydrogen-bond donors (Lipinski definition) is 3. The van der Waals surface area contributed by atoms with Crippen molar-refractivity contribution in [3.8, 4) is 11.5 Å². The molecule has 3 rings (SSSR count). The summed E-state index contributed by atoms with van der Waals surface area (Å²) in [5.41, 5.74) is 0.820. The van der Waals surface area contributed by atoms with Crippen molar-refractivity contribution in [1.29, 1.82) is 0 Å². The summed E-state index contributed by atoms with van der Waals surface area (Å²) in [5.74, 6) is -1.02. The van der Waals surface area contributed by atoms with Crippen LogP contribution in [0.5, 0.6) is 11.5 Å². The highest BCUT2D eigenvalue weighted by atomic mass is 19.3. The van der Waals surface area contributed by atoms with Gasteiger partial charge in [-0.1, -0.05) is 32.0 Å². The number of ether oxygens (including phenoxy) is 2. The van der Waals surface area contributed by atoms with Gasteiger partial charge in [0.05, 0.1) is 0 Å². The minimum Gasteiger partial charge on any atom is -0.395 e. The fraction of sp³-hybridized carbons (Fsp3) is 0.263. The zero-order chi connectivity index (χ0) is 20.3. The number of para-hydroxylation sites is 1. The van der Waals surface area contributed by atoms with Gasteiger partial charge in [-0.3, -0.25) is 4.79 Å². The van der Waals surface area contributed by atoms with E-state index in [2.05, 4.69) is 25.4 Å². The fourth-order valence-corrected chi connectivity index (χ4v) is 2.61. The molecule has 0 unspecified atom stereocenters. The monoisotopic (exact) mass is 391 g/mol. The first-order valence-electron chi connectivity index (χ1n) is 8.57. The van der Waals surface area contributed by atoms with Gasteiger partial charge in [-0.05, 0) is 30.2 Å². The molecule has 0 bridgehead atoms. The van der Waals surface area contributed by atoms with Gasteiger partial charge in [0.15, 0.2) is 11.5 Å². The van der Waals surface area contributed by atoms with Crippen molar-refractivity contribution in [2.24, 2.45) is 5.92 Å². The minimum atomic E-state index is -3.73. The quantitative estimate of drug-likeness (QED) is 0.724. The number of hydrogen-bond acceptors (Lipinski definition) is 4. The summed E-state index contributed by atoms with van der Waals surface area (Å²) in [6.45, 7) is 3.54. The third-order valence-corrected chi connectivity index (χ3v) is 3.94. The van der Waals surface area contributed by atoms with Gasteiger partial charge in [-0.2, -0.15) is 0 Å². The highest BCUT2D eigenvalue weighted by Gasteiger charge is 2.43. The van der Waals surface area contributed by atoms with Gasteiger partial charge in [-0.15, -0.1) is 8.78 Å². The number of urea groups is 1. The number of benzene rings is 2. The van der Waals surface area contributed by atoms with Crippen molar-refractivity contribution in [3.05, 3.63) is 48.5 Å². The van der Waals surface area contributed by atoms with Crippen LogP contribution in [0.25, 0.3) is 0 Å². The topological polar surface area (TPSA) is 88.7 Å². The number of nitrogens with one attached hydrogen (secondary N) is 3. The molecule has 2 aromatic rings. The van der Waals surface area contributed by atoms with Crippen molar-refractivity contribution in [3.63, 3.8) is 0 Å². The summed E-state index contributed by atoms with van der Waals surface area (Å²) in [4.78, 5) is 24.8. The molecule has 1 aliphatic rings. The number of rotatable bonds is 5. The van der Waals surface area contributed by atoms with E-state index in [0.29, 0.717) is 5.69 Å². The second-order valence-corrected chi connectivity index (χ2v) is 6.50. The molecule has 3 N–H and O–H groups in total. The molecule has 1 aliphatic heterocycles. The van der Waals surface area contributed by atoms with Gasteiger partial charge in [0.1, 0.15) is 6.04 Å². The Morgan fingerprint density at radius 1 is 0.929 bits per heavy atom. The molecule has 3 amide bonds. The van der Waals surface area contributed by atoms with Crippen LogP contribution < -0.4 is 25.4 Å². The van der Waals surface area contributed by atoms with Gasteiger partial charge in [-0.25, -0.2) is 4.79 Å². The summed E-state index contributed by atoms with van der Waals surface area (Å²) in [5, 5.41) is 7.84. The van der Waals surface area contributed by atoms with E-state index in [-0.39, 0.29) is 23.1 Å². The van der Waals surface area contributed by atoms with Crippen LogP contribution in [0.3, 0.4) is 0 Å². The lowest BCUT2D eigenvalue weighted by Crippen LogP contribution is -2.48. The lowest BCUT2D eigenvalue weighted by molar-refractivity contribution is -0.286. The number of alkyl halides is 2. The van der Waals surface area contributed by atoms with E-state index >= 15 is 0 Å². The highest BCUT2D eigenvalue weighted by molar-refractivity contribution is 5.99. The minimum absolute atomic E-state index is 0.122. The smallest absolute Gasteiger partial charge is 0.395 e. The Bertz CT molecular complexity index is 875. The molecule has 0 aliphatic carbocycles. The van der Waals surface area contributed by atoms with Crippen LogP contribution in [0.15, 0.2) is 48.5 Å². The summed E-state index contributed by atoms with van der Waals surface area (Å²) in [6.07, 6.45) is -3.73. The van der Waals surface area contributed by atoms with Crippen LogP contribution in [0, 0.1) is 5.92 Å². The maximum Gasteiger partial charge on any atom is 0.586 e. The third kappa shape index (κ3) is 4.67. The largest absolute Gasteiger partial charge is 0.586 e. The Balaban J connectivity index is 1.64.